The largest absolute Gasteiger partial charge is 0.455 e. The molecule has 6 heteroatoms. The van der Waals surface area contributed by atoms with E-state index in [0.717, 1.165) is 60.4 Å². The van der Waals surface area contributed by atoms with Gasteiger partial charge < -0.3 is 9.32 Å². The van der Waals surface area contributed by atoms with Crippen molar-refractivity contribution in [3.8, 4) is 0 Å². The molecule has 2 aromatic carbocycles. The third-order valence-electron chi connectivity index (χ3n) is 6.04. The van der Waals surface area contributed by atoms with Gasteiger partial charge in [0.05, 0.1) is 11.4 Å². The van der Waals surface area contributed by atoms with Crippen molar-refractivity contribution in [2.24, 2.45) is 5.10 Å². The highest BCUT2D eigenvalue weighted by molar-refractivity contribution is 6.10. The van der Waals surface area contributed by atoms with Crippen LogP contribution in [0.1, 0.15) is 52.3 Å². The summed E-state index contributed by atoms with van der Waals surface area (Å²) in [5, 5.41) is 4.57. The molecule has 0 atom stereocenters. The number of para-hydroxylation sites is 1. The number of nitrogens with zero attached hydrogens (tertiary/aromatic N) is 2. The summed E-state index contributed by atoms with van der Waals surface area (Å²) in [7, 11) is 0. The van der Waals surface area contributed by atoms with Gasteiger partial charge in [-0.3, -0.25) is 10.2 Å². The Balaban J connectivity index is 1.46. The Bertz CT molecular complexity index is 1160. The number of carbonyl (C=O) groups excluding carboxylic acids is 1. The number of fused-ring (bicyclic) bond motifs is 2. The first kappa shape index (κ1) is 19.5. The molecule has 0 spiro atoms. The van der Waals surface area contributed by atoms with Gasteiger partial charge in [-0.2, -0.15) is 5.10 Å². The molecule has 1 aromatic heterocycles. The van der Waals surface area contributed by atoms with Crippen molar-refractivity contribution in [1.29, 1.82) is 0 Å². The molecule has 5 rings (SSSR count). The van der Waals surface area contributed by atoms with Crippen LogP contribution in [0.3, 0.4) is 0 Å². The van der Waals surface area contributed by atoms with E-state index in [1.165, 1.54) is 17.7 Å². The van der Waals surface area contributed by atoms with Crippen LogP contribution in [0.5, 0.6) is 0 Å². The van der Waals surface area contributed by atoms with Crippen molar-refractivity contribution in [2.75, 3.05) is 16.9 Å². The Morgan fingerprint density at radius 1 is 1.06 bits per heavy atom. The number of aryl methyl sites for hydroxylation is 2. The molecule has 1 amide bonds. The summed E-state index contributed by atoms with van der Waals surface area (Å²) in [6.45, 7) is 2.62. The number of nitrogens with one attached hydrogen (secondary N) is 1. The summed E-state index contributed by atoms with van der Waals surface area (Å²) in [5.74, 6) is 0.839. The Kier molecular flexibility index (Phi) is 5.06. The molecule has 0 fully saturated rings. The molecule has 0 unspecified atom stereocenters. The Morgan fingerprint density at radius 2 is 1.87 bits per heavy atom. The number of benzene rings is 2. The van der Waals surface area contributed by atoms with Gasteiger partial charge in [0.2, 0.25) is 0 Å². The molecule has 31 heavy (non-hydrogen) atoms. The van der Waals surface area contributed by atoms with Crippen LogP contribution < -0.4 is 10.3 Å². The van der Waals surface area contributed by atoms with Crippen molar-refractivity contribution in [3.63, 3.8) is 0 Å². The maximum absolute atomic E-state index is 13.5. The average molecular weight is 417 g/mol. The van der Waals surface area contributed by atoms with E-state index in [2.05, 4.69) is 16.6 Å². The lowest BCUT2D eigenvalue weighted by Gasteiger charge is -2.28. The minimum Gasteiger partial charge on any atom is -0.455 e. The summed E-state index contributed by atoms with van der Waals surface area (Å²) >= 11 is 0. The number of hydrazone groups is 1. The lowest BCUT2D eigenvalue weighted by atomic mass is 9.93. The summed E-state index contributed by atoms with van der Waals surface area (Å²) in [4.78, 5) is 15.3. The molecule has 1 aliphatic heterocycles. The van der Waals surface area contributed by atoms with Gasteiger partial charge in [0.25, 0.3) is 5.91 Å². The van der Waals surface area contributed by atoms with E-state index in [-0.39, 0.29) is 11.7 Å². The van der Waals surface area contributed by atoms with Gasteiger partial charge in [0.15, 0.2) is 5.76 Å². The fraction of sp³-hybridized carbons (Fsp3) is 0.280. The van der Waals surface area contributed by atoms with Crippen LogP contribution in [0.4, 0.5) is 15.8 Å². The molecule has 2 aliphatic rings. The second-order valence-electron chi connectivity index (χ2n) is 8.07. The number of rotatable bonds is 3. The highest BCUT2D eigenvalue weighted by atomic mass is 19.1. The molecule has 0 bridgehead atoms. The first-order valence-electron chi connectivity index (χ1n) is 10.7. The molecule has 0 radical (unpaired) electrons. The third-order valence-corrected chi connectivity index (χ3v) is 6.04. The van der Waals surface area contributed by atoms with Crippen molar-refractivity contribution >= 4 is 23.0 Å². The number of anilines is 2. The number of halogens is 1. The van der Waals surface area contributed by atoms with E-state index >= 15 is 0 Å². The van der Waals surface area contributed by atoms with Crippen LogP contribution in [0.25, 0.3) is 0 Å². The lowest BCUT2D eigenvalue weighted by molar-refractivity contribution is 0.0955. The van der Waals surface area contributed by atoms with Gasteiger partial charge in [-0.1, -0.05) is 18.2 Å². The van der Waals surface area contributed by atoms with Crippen LogP contribution in [0.15, 0.2) is 58.0 Å². The molecule has 1 aliphatic carbocycles. The highest BCUT2D eigenvalue weighted by Gasteiger charge is 2.32. The fourth-order valence-corrected chi connectivity index (χ4v) is 4.51. The first-order chi connectivity index (χ1) is 15.1. The Hall–Kier alpha value is -3.41. The van der Waals surface area contributed by atoms with Crippen molar-refractivity contribution in [2.45, 2.75) is 39.0 Å². The predicted octanol–water partition coefficient (Wildman–Crippen LogP) is 5.47. The van der Waals surface area contributed by atoms with E-state index in [1.54, 1.807) is 12.1 Å². The minimum absolute atomic E-state index is 0.0927. The molecule has 1 N–H and O–H groups in total. The minimum atomic E-state index is -0.286. The number of furan rings is 1. The molecule has 0 saturated heterocycles. The monoisotopic (exact) mass is 417 g/mol. The molecule has 5 nitrogen and oxygen atoms in total. The SMILES string of the molecule is Cc1c(C(=O)N2CCCc3ccccc32)oc2c1/C(=N/Nc1ccc(F)cc1)CCC2. The van der Waals surface area contributed by atoms with Crippen molar-refractivity contribution in [1.82, 2.24) is 0 Å². The normalized spacial score (nSPS) is 16.7. The summed E-state index contributed by atoms with van der Waals surface area (Å²) < 4.78 is 19.3. The Morgan fingerprint density at radius 3 is 2.71 bits per heavy atom. The van der Waals surface area contributed by atoms with Gasteiger partial charge in [-0.05, 0) is 68.5 Å². The average Bonchev–Trinajstić information content (AvgIpc) is 3.15. The first-order valence-corrected chi connectivity index (χ1v) is 10.7. The fourth-order valence-electron chi connectivity index (χ4n) is 4.51. The second kappa shape index (κ2) is 8.02. The van der Waals surface area contributed by atoms with Crippen LogP contribution in [0, 0.1) is 12.7 Å². The maximum atomic E-state index is 13.5. The van der Waals surface area contributed by atoms with E-state index < -0.39 is 0 Å². The summed E-state index contributed by atoms with van der Waals surface area (Å²) in [5.41, 5.74) is 8.51. The molecular formula is C25H24FN3O2. The van der Waals surface area contributed by atoms with Crippen LogP contribution in [-0.4, -0.2) is 18.2 Å². The predicted molar refractivity (Wildman–Crippen MR) is 119 cm³/mol. The topological polar surface area (TPSA) is 57.8 Å². The summed E-state index contributed by atoms with van der Waals surface area (Å²) in [6.07, 6.45) is 4.41. The molecular weight excluding hydrogens is 393 g/mol. The zero-order chi connectivity index (χ0) is 21.4. The summed E-state index contributed by atoms with van der Waals surface area (Å²) in [6, 6.07) is 14.2. The number of hydrogen-bond acceptors (Lipinski definition) is 4. The third kappa shape index (κ3) is 3.63. The number of amides is 1. The number of carbonyl (C=O) groups is 1. The Labute approximate surface area is 180 Å². The van der Waals surface area contributed by atoms with Crippen LogP contribution >= 0.6 is 0 Å². The highest BCUT2D eigenvalue weighted by Crippen LogP contribution is 2.33. The van der Waals surface area contributed by atoms with Crippen molar-refractivity contribution in [3.05, 3.63) is 82.6 Å². The van der Waals surface area contributed by atoms with E-state index in [4.69, 9.17) is 4.42 Å². The van der Waals surface area contributed by atoms with E-state index in [0.29, 0.717) is 18.0 Å². The standard InChI is InChI=1S/C25H24FN3O2/c1-16-23-20(28-27-19-13-11-18(26)12-14-19)8-4-10-22(23)31-24(16)25(30)29-15-5-7-17-6-2-3-9-21(17)29/h2-3,6,9,11-14,27H,4-5,7-8,10,15H2,1H3/b28-20+. The zero-order valence-electron chi connectivity index (χ0n) is 17.5. The van der Waals surface area contributed by atoms with Crippen LogP contribution in [0.2, 0.25) is 0 Å². The van der Waals surface area contributed by atoms with E-state index in [9.17, 15) is 9.18 Å². The van der Waals surface area contributed by atoms with Gasteiger partial charge >= 0.3 is 0 Å². The number of hydrogen-bond donors (Lipinski definition) is 1. The van der Waals surface area contributed by atoms with Gasteiger partial charge in [-0.25, -0.2) is 4.39 Å². The molecule has 158 valence electrons. The second-order valence-corrected chi connectivity index (χ2v) is 8.07. The van der Waals surface area contributed by atoms with Crippen molar-refractivity contribution < 1.29 is 13.6 Å². The smallest absolute Gasteiger partial charge is 0.294 e. The van der Waals surface area contributed by atoms with Crippen LogP contribution in [-0.2, 0) is 12.8 Å². The maximum Gasteiger partial charge on any atom is 0.294 e. The van der Waals surface area contributed by atoms with Gasteiger partial charge in [-0.15, -0.1) is 0 Å². The quantitative estimate of drug-likeness (QED) is 0.575. The molecule has 0 saturated carbocycles. The molecule has 2 heterocycles. The van der Waals surface area contributed by atoms with E-state index in [1.807, 2.05) is 30.0 Å². The zero-order valence-corrected chi connectivity index (χ0v) is 17.5. The lowest BCUT2D eigenvalue weighted by Crippen LogP contribution is -2.35. The van der Waals surface area contributed by atoms with Gasteiger partial charge in [0, 0.05) is 29.8 Å². The molecule has 3 aromatic rings. The van der Waals surface area contributed by atoms with Gasteiger partial charge in [0.1, 0.15) is 11.6 Å².